The van der Waals surface area contributed by atoms with Gasteiger partial charge in [0.15, 0.2) is 0 Å². The van der Waals surface area contributed by atoms with E-state index in [0.29, 0.717) is 17.6 Å². The van der Waals surface area contributed by atoms with Crippen molar-refractivity contribution in [3.8, 4) is 0 Å². The molecule has 0 N–H and O–H groups in total. The molecule has 2 saturated carbocycles. The van der Waals surface area contributed by atoms with Crippen molar-refractivity contribution in [1.82, 2.24) is 0 Å². The van der Waals surface area contributed by atoms with Gasteiger partial charge in [0.2, 0.25) is 0 Å². The summed E-state index contributed by atoms with van der Waals surface area (Å²) in [6.45, 7) is 8.94. The third-order valence-electron chi connectivity index (χ3n) is 5.46. The molecule has 2 rings (SSSR count). The van der Waals surface area contributed by atoms with Crippen molar-refractivity contribution in [2.75, 3.05) is 0 Å². The normalized spacial score (nSPS) is 43.6. The van der Waals surface area contributed by atoms with Crippen LogP contribution in [0.15, 0.2) is 0 Å². The molecule has 0 aliphatic heterocycles. The highest BCUT2D eigenvalue weighted by molar-refractivity contribution is 5.91. The Balaban J connectivity index is 2.37. The molecular formula is C15H26O. The minimum Gasteiger partial charge on any atom is -0.298 e. The zero-order valence-electron chi connectivity index (χ0n) is 11.3. The summed E-state index contributed by atoms with van der Waals surface area (Å²) in [7, 11) is 0. The molecule has 0 amide bonds. The number of Topliss-reactive ketones (excluding diaryl/α,β-unsaturated/α-hetero) is 1. The van der Waals surface area contributed by atoms with Crippen LogP contribution < -0.4 is 0 Å². The van der Waals surface area contributed by atoms with E-state index in [1.165, 1.54) is 25.7 Å². The zero-order chi connectivity index (χ0) is 12.0. The Morgan fingerprint density at radius 1 is 1.00 bits per heavy atom. The number of carbonyl (C=O) groups is 1. The Labute approximate surface area is 100.0 Å². The first-order chi connectivity index (χ1) is 7.41. The minimum absolute atomic E-state index is 0.0278. The second-order valence-corrected chi connectivity index (χ2v) is 6.84. The van der Waals surface area contributed by atoms with E-state index >= 15 is 0 Å². The van der Waals surface area contributed by atoms with Crippen molar-refractivity contribution in [2.45, 2.75) is 66.2 Å². The first kappa shape index (κ1) is 12.1. The molecule has 0 aromatic heterocycles. The largest absolute Gasteiger partial charge is 0.298 e. The molecule has 0 radical (unpaired) electrons. The Kier molecular flexibility index (Phi) is 2.92. The van der Waals surface area contributed by atoms with Gasteiger partial charge in [-0.15, -0.1) is 0 Å². The number of hydrogen-bond acceptors (Lipinski definition) is 1. The Hall–Kier alpha value is -0.330. The molecule has 0 aromatic rings. The van der Waals surface area contributed by atoms with Crippen molar-refractivity contribution in [3.63, 3.8) is 0 Å². The molecule has 0 aromatic carbocycles. The molecule has 2 fully saturated rings. The molecule has 1 nitrogen and oxygen atoms in total. The summed E-state index contributed by atoms with van der Waals surface area (Å²) in [6.07, 6.45) is 7.31. The first-order valence-corrected chi connectivity index (χ1v) is 6.96. The van der Waals surface area contributed by atoms with Crippen LogP contribution in [-0.4, -0.2) is 5.78 Å². The van der Waals surface area contributed by atoms with Crippen molar-refractivity contribution < 1.29 is 4.79 Å². The maximum Gasteiger partial charge on any atom is 0.145 e. The van der Waals surface area contributed by atoms with Crippen LogP contribution in [0.25, 0.3) is 0 Å². The van der Waals surface area contributed by atoms with E-state index < -0.39 is 0 Å². The van der Waals surface area contributed by atoms with Crippen molar-refractivity contribution in [1.29, 1.82) is 0 Å². The summed E-state index contributed by atoms with van der Waals surface area (Å²) in [5.41, 5.74) is -0.0435. The summed E-state index contributed by atoms with van der Waals surface area (Å²) in [6, 6.07) is 0. The highest BCUT2D eigenvalue weighted by Crippen LogP contribution is 2.55. The second-order valence-electron chi connectivity index (χ2n) is 6.84. The maximum atomic E-state index is 12.8. The lowest BCUT2D eigenvalue weighted by molar-refractivity contribution is -0.153. The fourth-order valence-corrected chi connectivity index (χ4v) is 4.35. The highest BCUT2D eigenvalue weighted by Gasteiger charge is 2.54. The van der Waals surface area contributed by atoms with E-state index in [-0.39, 0.29) is 10.8 Å². The molecular weight excluding hydrogens is 196 g/mol. The molecule has 2 unspecified atom stereocenters. The van der Waals surface area contributed by atoms with Gasteiger partial charge < -0.3 is 0 Å². The second kappa shape index (κ2) is 3.85. The van der Waals surface area contributed by atoms with E-state index in [2.05, 4.69) is 27.7 Å². The number of ketones is 1. The van der Waals surface area contributed by atoms with Gasteiger partial charge in [-0.2, -0.15) is 0 Å². The topological polar surface area (TPSA) is 17.1 Å². The van der Waals surface area contributed by atoms with Crippen LogP contribution in [0.3, 0.4) is 0 Å². The molecule has 0 saturated heterocycles. The SMILES string of the molecule is CC1CCCC(C)C12CCCC(C)(C)C2=O. The van der Waals surface area contributed by atoms with Gasteiger partial charge in [-0.1, -0.05) is 40.5 Å². The third-order valence-corrected chi connectivity index (χ3v) is 5.46. The standard InChI is InChI=1S/C15H26O/c1-11-7-5-8-12(2)15(11)10-6-9-14(3,4)13(15)16/h11-12H,5-10H2,1-4H3. The lowest BCUT2D eigenvalue weighted by Crippen LogP contribution is -2.53. The first-order valence-electron chi connectivity index (χ1n) is 6.96. The molecule has 2 atom stereocenters. The van der Waals surface area contributed by atoms with E-state index in [4.69, 9.17) is 0 Å². The fraction of sp³-hybridized carbons (Fsp3) is 0.933. The van der Waals surface area contributed by atoms with Crippen molar-refractivity contribution in [2.24, 2.45) is 22.7 Å². The van der Waals surface area contributed by atoms with Crippen LogP contribution in [0.1, 0.15) is 66.2 Å². The van der Waals surface area contributed by atoms with E-state index in [1.807, 2.05) is 0 Å². The van der Waals surface area contributed by atoms with Crippen LogP contribution >= 0.6 is 0 Å². The van der Waals surface area contributed by atoms with E-state index in [1.54, 1.807) is 0 Å². The average molecular weight is 222 g/mol. The van der Waals surface area contributed by atoms with Gasteiger partial charge >= 0.3 is 0 Å². The molecule has 2 aliphatic rings. The quantitative estimate of drug-likeness (QED) is 0.600. The van der Waals surface area contributed by atoms with Crippen molar-refractivity contribution in [3.05, 3.63) is 0 Å². The van der Waals surface area contributed by atoms with Gasteiger partial charge in [0.1, 0.15) is 5.78 Å². The number of hydrogen-bond donors (Lipinski definition) is 0. The predicted molar refractivity (Wildman–Crippen MR) is 67.3 cm³/mol. The summed E-state index contributed by atoms with van der Waals surface area (Å²) in [5, 5.41) is 0. The van der Waals surface area contributed by atoms with Gasteiger partial charge in [-0.05, 0) is 37.5 Å². The van der Waals surface area contributed by atoms with E-state index in [9.17, 15) is 4.79 Å². The monoisotopic (exact) mass is 222 g/mol. The highest BCUT2D eigenvalue weighted by atomic mass is 16.1. The van der Waals surface area contributed by atoms with Crippen LogP contribution in [0.4, 0.5) is 0 Å². The minimum atomic E-state index is -0.0713. The lowest BCUT2D eigenvalue weighted by atomic mass is 9.50. The van der Waals surface area contributed by atoms with Gasteiger partial charge in [0.05, 0.1) is 0 Å². The summed E-state index contributed by atoms with van der Waals surface area (Å²) in [5.74, 6) is 1.78. The van der Waals surface area contributed by atoms with Gasteiger partial charge in [0.25, 0.3) is 0 Å². The van der Waals surface area contributed by atoms with Gasteiger partial charge in [0, 0.05) is 10.8 Å². The Morgan fingerprint density at radius 3 is 2.12 bits per heavy atom. The molecule has 2 aliphatic carbocycles. The van der Waals surface area contributed by atoms with Crippen LogP contribution in [0.5, 0.6) is 0 Å². The maximum absolute atomic E-state index is 12.8. The third kappa shape index (κ3) is 1.55. The smallest absolute Gasteiger partial charge is 0.145 e. The molecule has 16 heavy (non-hydrogen) atoms. The average Bonchev–Trinajstić information content (AvgIpc) is 2.20. The molecule has 1 heteroatoms. The van der Waals surface area contributed by atoms with Crippen molar-refractivity contribution >= 4 is 5.78 Å². The molecule has 92 valence electrons. The van der Waals surface area contributed by atoms with Gasteiger partial charge in [-0.3, -0.25) is 4.79 Å². The van der Waals surface area contributed by atoms with Crippen LogP contribution in [0.2, 0.25) is 0 Å². The zero-order valence-corrected chi connectivity index (χ0v) is 11.3. The fourth-order valence-electron chi connectivity index (χ4n) is 4.35. The van der Waals surface area contributed by atoms with Crippen LogP contribution in [0, 0.1) is 22.7 Å². The summed E-state index contributed by atoms with van der Waals surface area (Å²) in [4.78, 5) is 12.8. The molecule has 0 bridgehead atoms. The van der Waals surface area contributed by atoms with E-state index in [0.717, 1.165) is 12.8 Å². The number of carbonyl (C=O) groups excluding carboxylic acids is 1. The molecule has 1 spiro atoms. The number of rotatable bonds is 0. The predicted octanol–water partition coefficient (Wildman–Crippen LogP) is 4.21. The summed E-state index contributed by atoms with van der Waals surface area (Å²) < 4.78 is 0. The lowest BCUT2D eigenvalue weighted by Gasteiger charge is -2.52. The van der Waals surface area contributed by atoms with Gasteiger partial charge in [-0.25, -0.2) is 0 Å². The molecule has 0 heterocycles. The summed E-state index contributed by atoms with van der Waals surface area (Å²) >= 11 is 0. The Bertz CT molecular complexity index is 280. The Morgan fingerprint density at radius 2 is 1.56 bits per heavy atom. The van der Waals surface area contributed by atoms with Crippen LogP contribution in [-0.2, 0) is 4.79 Å².